The fraction of sp³-hybridized carbons (Fsp3) is 0.176. The van der Waals surface area contributed by atoms with Crippen LogP contribution in [0.25, 0.3) is 6.08 Å². The van der Waals surface area contributed by atoms with Crippen molar-refractivity contribution in [1.82, 2.24) is 0 Å². The van der Waals surface area contributed by atoms with Crippen molar-refractivity contribution in [3.63, 3.8) is 0 Å². The molecule has 0 saturated heterocycles. The van der Waals surface area contributed by atoms with Gasteiger partial charge in [0.15, 0.2) is 0 Å². The zero-order valence-corrected chi connectivity index (χ0v) is 11.0. The molecule has 0 aliphatic rings. The minimum Gasteiger partial charge on any atom is -0.382 e. The highest BCUT2D eigenvalue weighted by Gasteiger charge is 1.94. The smallest absolute Gasteiger partial charge is 0.0345 e. The van der Waals surface area contributed by atoms with Crippen molar-refractivity contribution in [2.24, 2.45) is 0 Å². The minimum absolute atomic E-state index is 0.845. The molecule has 18 heavy (non-hydrogen) atoms. The lowest BCUT2D eigenvalue weighted by Gasteiger charge is -2.06. The van der Waals surface area contributed by atoms with E-state index < -0.39 is 0 Å². The van der Waals surface area contributed by atoms with Crippen molar-refractivity contribution in [1.29, 1.82) is 0 Å². The molecule has 0 fully saturated rings. The molecule has 0 heterocycles. The molecule has 0 bridgehead atoms. The van der Waals surface area contributed by atoms with Crippen LogP contribution in [0.2, 0.25) is 0 Å². The summed E-state index contributed by atoms with van der Waals surface area (Å²) >= 11 is 0. The molecule has 2 rings (SSSR count). The molecule has 1 N–H and O–H groups in total. The number of rotatable bonds is 4. The number of aryl methyl sites for hydroxylation is 2. The second-order valence-corrected chi connectivity index (χ2v) is 4.49. The second-order valence-electron chi connectivity index (χ2n) is 4.49. The Hall–Kier alpha value is -2.02. The van der Waals surface area contributed by atoms with Crippen molar-refractivity contribution >= 4 is 11.8 Å². The van der Waals surface area contributed by atoms with Crippen molar-refractivity contribution in [3.8, 4) is 0 Å². The summed E-state index contributed by atoms with van der Waals surface area (Å²) in [6, 6.07) is 16.8. The molecule has 0 saturated carbocycles. The fourth-order valence-corrected chi connectivity index (χ4v) is 1.79. The van der Waals surface area contributed by atoms with E-state index >= 15 is 0 Å². The lowest BCUT2D eigenvalue weighted by atomic mass is 10.1. The number of nitrogens with one attached hydrogen (secondary N) is 1. The van der Waals surface area contributed by atoms with E-state index in [0.29, 0.717) is 0 Å². The first-order chi connectivity index (χ1) is 8.75. The van der Waals surface area contributed by atoms with Gasteiger partial charge in [-0.15, -0.1) is 0 Å². The van der Waals surface area contributed by atoms with Gasteiger partial charge in [0.05, 0.1) is 0 Å². The van der Waals surface area contributed by atoms with Crippen LogP contribution in [0.3, 0.4) is 0 Å². The molecule has 0 unspecified atom stereocenters. The maximum Gasteiger partial charge on any atom is 0.0345 e. The highest BCUT2D eigenvalue weighted by Crippen LogP contribution is 2.13. The Balaban J connectivity index is 1.89. The summed E-state index contributed by atoms with van der Waals surface area (Å²) in [5, 5.41) is 3.40. The number of benzene rings is 2. The van der Waals surface area contributed by atoms with Crippen LogP contribution in [0.15, 0.2) is 54.6 Å². The maximum absolute atomic E-state index is 3.40. The van der Waals surface area contributed by atoms with Crippen molar-refractivity contribution in [2.75, 3.05) is 11.9 Å². The van der Waals surface area contributed by atoms with E-state index in [1.807, 2.05) is 6.07 Å². The predicted octanol–water partition coefficient (Wildman–Crippen LogP) is 4.43. The van der Waals surface area contributed by atoms with Gasteiger partial charge in [0, 0.05) is 12.2 Å². The van der Waals surface area contributed by atoms with Gasteiger partial charge in [0.25, 0.3) is 0 Å². The molecule has 0 amide bonds. The first-order valence-corrected chi connectivity index (χ1v) is 6.28. The maximum atomic E-state index is 3.40. The third-order valence-corrected chi connectivity index (χ3v) is 3.04. The van der Waals surface area contributed by atoms with Crippen LogP contribution in [-0.2, 0) is 0 Å². The Labute approximate surface area is 109 Å². The summed E-state index contributed by atoms with van der Waals surface area (Å²) in [6.45, 7) is 5.12. The van der Waals surface area contributed by atoms with Crippen LogP contribution < -0.4 is 5.32 Å². The van der Waals surface area contributed by atoms with Gasteiger partial charge in [-0.1, -0.05) is 48.6 Å². The SMILES string of the molecule is Cc1ccc(NC/C=C/c2ccccc2)cc1C. The summed E-state index contributed by atoms with van der Waals surface area (Å²) in [5.74, 6) is 0. The lowest BCUT2D eigenvalue weighted by molar-refractivity contribution is 1.29. The molecular formula is C17H19N. The highest BCUT2D eigenvalue weighted by molar-refractivity contribution is 5.52. The standard InChI is InChI=1S/C17H19N/c1-14-10-11-17(13-15(14)2)18-12-6-9-16-7-4-3-5-8-16/h3-11,13,18H,12H2,1-2H3/b9-6+. The van der Waals surface area contributed by atoms with E-state index in [-0.39, 0.29) is 0 Å². The fourth-order valence-electron chi connectivity index (χ4n) is 1.79. The van der Waals surface area contributed by atoms with Crippen LogP contribution in [0.5, 0.6) is 0 Å². The molecule has 1 nitrogen and oxygen atoms in total. The van der Waals surface area contributed by atoms with Crippen LogP contribution in [0, 0.1) is 13.8 Å². The number of anilines is 1. The molecule has 0 aliphatic heterocycles. The predicted molar refractivity (Wildman–Crippen MR) is 79.9 cm³/mol. The van der Waals surface area contributed by atoms with Gasteiger partial charge >= 0.3 is 0 Å². The summed E-state index contributed by atoms with van der Waals surface area (Å²) in [7, 11) is 0. The largest absolute Gasteiger partial charge is 0.382 e. The first kappa shape index (κ1) is 12.4. The average Bonchev–Trinajstić information content (AvgIpc) is 2.40. The summed E-state index contributed by atoms with van der Waals surface area (Å²) in [6.07, 6.45) is 4.28. The average molecular weight is 237 g/mol. The van der Waals surface area contributed by atoms with E-state index in [9.17, 15) is 0 Å². The zero-order valence-electron chi connectivity index (χ0n) is 11.0. The normalized spacial score (nSPS) is 10.8. The van der Waals surface area contributed by atoms with Crippen molar-refractivity contribution < 1.29 is 0 Å². The Kier molecular flexibility index (Phi) is 4.19. The second kappa shape index (κ2) is 6.06. The third kappa shape index (κ3) is 3.49. The van der Waals surface area contributed by atoms with Gasteiger partial charge in [-0.3, -0.25) is 0 Å². The minimum atomic E-state index is 0.845. The number of hydrogen-bond donors (Lipinski definition) is 1. The van der Waals surface area contributed by atoms with E-state index in [1.54, 1.807) is 0 Å². The quantitative estimate of drug-likeness (QED) is 0.829. The molecule has 0 aliphatic carbocycles. The molecule has 0 aromatic heterocycles. The molecule has 1 heteroatoms. The molecular weight excluding hydrogens is 218 g/mol. The van der Waals surface area contributed by atoms with Gasteiger partial charge in [0.1, 0.15) is 0 Å². The zero-order chi connectivity index (χ0) is 12.8. The van der Waals surface area contributed by atoms with Crippen molar-refractivity contribution in [2.45, 2.75) is 13.8 Å². The first-order valence-electron chi connectivity index (χ1n) is 6.28. The Morgan fingerprint density at radius 1 is 0.944 bits per heavy atom. The van der Waals surface area contributed by atoms with Crippen LogP contribution in [0.1, 0.15) is 16.7 Å². The number of hydrogen-bond acceptors (Lipinski definition) is 1. The van der Waals surface area contributed by atoms with Gasteiger partial charge < -0.3 is 5.32 Å². The van der Waals surface area contributed by atoms with Crippen molar-refractivity contribution in [3.05, 3.63) is 71.3 Å². The van der Waals surface area contributed by atoms with E-state index in [2.05, 4.69) is 73.8 Å². The summed E-state index contributed by atoms with van der Waals surface area (Å²) < 4.78 is 0. The van der Waals surface area contributed by atoms with Gasteiger partial charge in [-0.25, -0.2) is 0 Å². The molecule has 0 radical (unpaired) electrons. The van der Waals surface area contributed by atoms with E-state index in [0.717, 1.165) is 6.54 Å². The topological polar surface area (TPSA) is 12.0 Å². The van der Waals surface area contributed by atoms with Gasteiger partial charge in [-0.05, 0) is 42.7 Å². The van der Waals surface area contributed by atoms with Gasteiger partial charge in [-0.2, -0.15) is 0 Å². The van der Waals surface area contributed by atoms with E-state index in [4.69, 9.17) is 0 Å². The summed E-state index contributed by atoms with van der Waals surface area (Å²) in [4.78, 5) is 0. The highest BCUT2D eigenvalue weighted by atomic mass is 14.8. The van der Waals surface area contributed by atoms with Crippen LogP contribution in [0.4, 0.5) is 5.69 Å². The molecule has 2 aromatic rings. The Morgan fingerprint density at radius 3 is 2.44 bits per heavy atom. The molecule has 92 valence electrons. The van der Waals surface area contributed by atoms with E-state index in [1.165, 1.54) is 22.4 Å². The summed E-state index contributed by atoms with van der Waals surface area (Å²) in [5.41, 5.74) is 5.07. The van der Waals surface area contributed by atoms with Crippen LogP contribution in [-0.4, -0.2) is 6.54 Å². The molecule has 2 aromatic carbocycles. The Morgan fingerprint density at radius 2 is 1.72 bits per heavy atom. The Bertz CT molecular complexity index is 527. The third-order valence-electron chi connectivity index (χ3n) is 3.04. The monoisotopic (exact) mass is 237 g/mol. The molecule has 0 spiro atoms. The van der Waals surface area contributed by atoms with Gasteiger partial charge in [0.2, 0.25) is 0 Å². The molecule has 0 atom stereocenters. The lowest BCUT2D eigenvalue weighted by Crippen LogP contribution is -1.98. The van der Waals surface area contributed by atoms with Crippen LogP contribution >= 0.6 is 0 Å².